The molecular formula is C25H28N4O3. The second kappa shape index (κ2) is 10.0. The first-order valence-electron chi connectivity index (χ1n) is 10.7. The Morgan fingerprint density at radius 3 is 2.38 bits per heavy atom. The van der Waals surface area contributed by atoms with Crippen molar-refractivity contribution in [2.45, 2.75) is 26.1 Å². The summed E-state index contributed by atoms with van der Waals surface area (Å²) in [5.41, 5.74) is 4.65. The average molecular weight is 433 g/mol. The smallest absolute Gasteiger partial charge is 0.315 e. The standard InChI is InChI=1S/C25H28N4O3/c1-31-22-9-7-18(13-23(22)32-2)14-27-25(30)28-16-19-8-10-24(26-15-19)29-12-11-20-5-3-4-6-21(20)17-29/h3-10,13,15H,11-12,14,16-17H2,1-2H3,(H2,27,28,30). The largest absolute Gasteiger partial charge is 0.493 e. The van der Waals surface area contributed by atoms with Crippen molar-refractivity contribution >= 4 is 11.8 Å². The van der Waals surface area contributed by atoms with E-state index in [-0.39, 0.29) is 6.03 Å². The Morgan fingerprint density at radius 1 is 0.938 bits per heavy atom. The molecule has 0 spiro atoms. The maximum atomic E-state index is 12.2. The normalized spacial score (nSPS) is 12.6. The molecule has 166 valence electrons. The summed E-state index contributed by atoms with van der Waals surface area (Å²) in [6.45, 7) is 2.63. The van der Waals surface area contributed by atoms with Gasteiger partial charge in [0.1, 0.15) is 5.82 Å². The van der Waals surface area contributed by atoms with Crippen LogP contribution in [0.4, 0.5) is 10.6 Å². The zero-order chi connectivity index (χ0) is 22.3. The van der Waals surface area contributed by atoms with Crippen molar-refractivity contribution in [1.29, 1.82) is 0 Å². The molecule has 7 heteroatoms. The van der Waals surface area contributed by atoms with E-state index >= 15 is 0 Å². The molecule has 0 fully saturated rings. The van der Waals surface area contributed by atoms with Crippen LogP contribution in [-0.4, -0.2) is 31.8 Å². The zero-order valence-corrected chi connectivity index (χ0v) is 18.4. The summed E-state index contributed by atoms with van der Waals surface area (Å²) >= 11 is 0. The molecule has 0 bridgehead atoms. The van der Waals surface area contributed by atoms with Gasteiger partial charge in [0, 0.05) is 32.4 Å². The van der Waals surface area contributed by atoms with Gasteiger partial charge in [-0.1, -0.05) is 36.4 Å². The maximum absolute atomic E-state index is 12.2. The first kappa shape index (κ1) is 21.5. The van der Waals surface area contributed by atoms with E-state index in [9.17, 15) is 4.79 Å². The Morgan fingerprint density at radius 2 is 1.66 bits per heavy atom. The number of carbonyl (C=O) groups is 1. The molecule has 2 N–H and O–H groups in total. The molecule has 2 heterocycles. The van der Waals surface area contributed by atoms with Gasteiger partial charge in [-0.15, -0.1) is 0 Å². The third kappa shape index (κ3) is 5.11. The second-order valence-corrected chi connectivity index (χ2v) is 7.69. The van der Waals surface area contributed by atoms with E-state index in [0.29, 0.717) is 24.6 Å². The summed E-state index contributed by atoms with van der Waals surface area (Å²) in [4.78, 5) is 19.1. The van der Waals surface area contributed by atoms with E-state index in [1.165, 1.54) is 11.1 Å². The number of anilines is 1. The topological polar surface area (TPSA) is 75.7 Å². The van der Waals surface area contributed by atoms with Crippen LogP contribution in [0.2, 0.25) is 0 Å². The van der Waals surface area contributed by atoms with E-state index in [1.807, 2.05) is 36.5 Å². The Labute approximate surface area is 188 Å². The molecular weight excluding hydrogens is 404 g/mol. The molecule has 3 aromatic rings. The van der Waals surface area contributed by atoms with Crippen LogP contribution in [0.1, 0.15) is 22.3 Å². The summed E-state index contributed by atoms with van der Waals surface area (Å²) in [6.07, 6.45) is 2.85. The second-order valence-electron chi connectivity index (χ2n) is 7.69. The quantitative estimate of drug-likeness (QED) is 0.596. The minimum atomic E-state index is -0.239. The summed E-state index contributed by atoms with van der Waals surface area (Å²) in [5, 5.41) is 5.73. The molecule has 0 radical (unpaired) electrons. The number of rotatable bonds is 7. The van der Waals surface area contributed by atoms with E-state index in [2.05, 4.69) is 44.8 Å². The number of ether oxygens (including phenoxy) is 2. The average Bonchev–Trinajstić information content (AvgIpc) is 2.86. The SMILES string of the molecule is COc1ccc(CNC(=O)NCc2ccc(N3CCc4ccccc4C3)nc2)cc1OC. The van der Waals surface area contributed by atoms with E-state index in [1.54, 1.807) is 14.2 Å². The number of methoxy groups -OCH3 is 2. The van der Waals surface area contributed by atoms with E-state index in [4.69, 9.17) is 9.47 Å². The van der Waals surface area contributed by atoms with Gasteiger partial charge >= 0.3 is 6.03 Å². The summed E-state index contributed by atoms with van der Waals surface area (Å²) in [7, 11) is 3.18. The third-order valence-electron chi connectivity index (χ3n) is 5.62. The van der Waals surface area contributed by atoms with Crippen LogP contribution in [0.25, 0.3) is 0 Å². The lowest BCUT2D eigenvalue weighted by Gasteiger charge is -2.29. The lowest BCUT2D eigenvalue weighted by atomic mass is 10.00. The molecule has 0 atom stereocenters. The monoisotopic (exact) mass is 432 g/mol. The number of carbonyl (C=O) groups excluding carboxylic acids is 1. The number of nitrogens with zero attached hydrogens (tertiary/aromatic N) is 2. The molecule has 1 aliphatic rings. The molecule has 0 unspecified atom stereocenters. The molecule has 0 saturated heterocycles. The van der Waals surface area contributed by atoms with Crippen LogP contribution < -0.4 is 25.0 Å². The Bertz CT molecular complexity index is 1070. The number of fused-ring (bicyclic) bond motifs is 1. The molecule has 2 amide bonds. The Kier molecular flexibility index (Phi) is 6.75. The number of hydrogen-bond acceptors (Lipinski definition) is 5. The van der Waals surface area contributed by atoms with Crippen LogP contribution in [0.15, 0.2) is 60.8 Å². The molecule has 7 nitrogen and oxygen atoms in total. The highest BCUT2D eigenvalue weighted by Gasteiger charge is 2.16. The van der Waals surface area contributed by atoms with Crippen molar-refractivity contribution in [3.05, 3.63) is 83.0 Å². The number of urea groups is 1. The maximum Gasteiger partial charge on any atom is 0.315 e. The number of aromatic nitrogens is 1. The minimum absolute atomic E-state index is 0.239. The van der Waals surface area contributed by atoms with Gasteiger partial charge in [-0.05, 0) is 46.9 Å². The number of pyridine rings is 1. The zero-order valence-electron chi connectivity index (χ0n) is 18.4. The van der Waals surface area contributed by atoms with Gasteiger partial charge < -0.3 is 25.0 Å². The lowest BCUT2D eigenvalue weighted by Crippen LogP contribution is -2.34. The molecule has 4 rings (SSSR count). The van der Waals surface area contributed by atoms with Crippen molar-refractivity contribution < 1.29 is 14.3 Å². The highest BCUT2D eigenvalue weighted by molar-refractivity contribution is 5.73. The first-order valence-corrected chi connectivity index (χ1v) is 10.7. The Balaban J connectivity index is 1.26. The van der Waals surface area contributed by atoms with Gasteiger partial charge in [-0.2, -0.15) is 0 Å². The van der Waals surface area contributed by atoms with Gasteiger partial charge in [0.2, 0.25) is 0 Å². The molecule has 0 aliphatic carbocycles. The number of amides is 2. The van der Waals surface area contributed by atoms with Crippen molar-refractivity contribution in [1.82, 2.24) is 15.6 Å². The van der Waals surface area contributed by atoms with Gasteiger partial charge in [-0.3, -0.25) is 0 Å². The first-order chi connectivity index (χ1) is 15.7. The van der Waals surface area contributed by atoms with Gasteiger partial charge in [-0.25, -0.2) is 9.78 Å². The van der Waals surface area contributed by atoms with E-state index in [0.717, 1.165) is 36.5 Å². The summed E-state index contributed by atoms with van der Waals surface area (Å²) in [6, 6.07) is 17.9. The van der Waals surface area contributed by atoms with Gasteiger partial charge in [0.25, 0.3) is 0 Å². The molecule has 32 heavy (non-hydrogen) atoms. The van der Waals surface area contributed by atoms with Crippen LogP contribution in [0, 0.1) is 0 Å². The van der Waals surface area contributed by atoms with Crippen LogP contribution >= 0.6 is 0 Å². The fraction of sp³-hybridized carbons (Fsp3) is 0.280. The van der Waals surface area contributed by atoms with Gasteiger partial charge in [0.05, 0.1) is 14.2 Å². The van der Waals surface area contributed by atoms with Crippen molar-refractivity contribution in [2.24, 2.45) is 0 Å². The number of hydrogen-bond donors (Lipinski definition) is 2. The van der Waals surface area contributed by atoms with Crippen LogP contribution in [0.5, 0.6) is 11.5 Å². The molecule has 2 aromatic carbocycles. The van der Waals surface area contributed by atoms with Crippen molar-refractivity contribution in [3.63, 3.8) is 0 Å². The Hall–Kier alpha value is -3.74. The third-order valence-corrected chi connectivity index (χ3v) is 5.62. The summed E-state index contributed by atoms with van der Waals surface area (Å²) < 4.78 is 10.5. The predicted molar refractivity (Wildman–Crippen MR) is 124 cm³/mol. The fourth-order valence-corrected chi connectivity index (χ4v) is 3.82. The van der Waals surface area contributed by atoms with E-state index < -0.39 is 0 Å². The molecule has 0 saturated carbocycles. The van der Waals surface area contributed by atoms with Crippen molar-refractivity contribution in [2.75, 3.05) is 25.7 Å². The minimum Gasteiger partial charge on any atom is -0.493 e. The highest BCUT2D eigenvalue weighted by atomic mass is 16.5. The van der Waals surface area contributed by atoms with Crippen molar-refractivity contribution in [3.8, 4) is 11.5 Å². The molecule has 1 aromatic heterocycles. The summed E-state index contributed by atoms with van der Waals surface area (Å²) in [5.74, 6) is 2.25. The number of nitrogens with one attached hydrogen (secondary N) is 2. The van der Waals surface area contributed by atoms with Crippen LogP contribution in [-0.2, 0) is 26.1 Å². The number of benzene rings is 2. The molecule has 1 aliphatic heterocycles. The highest BCUT2D eigenvalue weighted by Crippen LogP contribution is 2.27. The van der Waals surface area contributed by atoms with Gasteiger partial charge in [0.15, 0.2) is 11.5 Å². The van der Waals surface area contributed by atoms with Crippen LogP contribution in [0.3, 0.4) is 0 Å². The lowest BCUT2D eigenvalue weighted by molar-refractivity contribution is 0.240. The fourth-order valence-electron chi connectivity index (χ4n) is 3.82. The predicted octanol–water partition coefficient (Wildman–Crippen LogP) is 3.66.